The highest BCUT2D eigenvalue weighted by Crippen LogP contribution is 2.25. The van der Waals surface area contributed by atoms with Crippen LogP contribution < -0.4 is 5.32 Å². The van der Waals surface area contributed by atoms with E-state index in [9.17, 15) is 9.59 Å². The maximum atomic E-state index is 13.6. The average Bonchev–Trinajstić information content (AvgIpc) is 3.38. The highest BCUT2D eigenvalue weighted by atomic mass is 32.1. The van der Waals surface area contributed by atoms with Crippen molar-refractivity contribution in [2.24, 2.45) is 0 Å². The lowest BCUT2D eigenvalue weighted by molar-refractivity contribution is -0.126. The molecule has 0 saturated heterocycles. The normalized spacial score (nSPS) is 15.1. The third-order valence-electron chi connectivity index (χ3n) is 5.84. The van der Waals surface area contributed by atoms with Gasteiger partial charge in [-0.1, -0.05) is 60.1 Å². The second kappa shape index (κ2) is 10.9. The van der Waals surface area contributed by atoms with Gasteiger partial charge in [0.05, 0.1) is 0 Å². The fraction of sp³-hybridized carbons (Fsp3) is 0.375. The monoisotopic (exact) mass is 449 g/mol. The number of carbonyl (C=O) groups is 2. The van der Waals surface area contributed by atoms with Crippen LogP contribution in [0.5, 0.6) is 0 Å². The van der Waals surface area contributed by atoms with Crippen molar-refractivity contribution in [3.63, 3.8) is 0 Å². The van der Waals surface area contributed by atoms with E-state index in [1.54, 1.807) is 28.7 Å². The zero-order chi connectivity index (χ0) is 22.2. The molecule has 1 aliphatic carbocycles. The summed E-state index contributed by atoms with van der Waals surface area (Å²) >= 11 is 1.12. The molecule has 1 saturated carbocycles. The van der Waals surface area contributed by atoms with Gasteiger partial charge in [0.15, 0.2) is 5.69 Å². The fourth-order valence-electron chi connectivity index (χ4n) is 4.18. The zero-order valence-electron chi connectivity index (χ0n) is 17.9. The quantitative estimate of drug-likeness (QED) is 0.565. The summed E-state index contributed by atoms with van der Waals surface area (Å²) in [5, 5.41) is 8.80. The number of hydrogen-bond donors (Lipinski definition) is 1. The Morgan fingerprint density at radius 3 is 2.59 bits per heavy atom. The molecule has 2 heterocycles. The number of amides is 2. The topological polar surface area (TPSA) is 88.1 Å². The van der Waals surface area contributed by atoms with Gasteiger partial charge < -0.3 is 10.2 Å². The van der Waals surface area contributed by atoms with Gasteiger partial charge in [-0.3, -0.25) is 14.6 Å². The summed E-state index contributed by atoms with van der Waals surface area (Å²) in [6, 6.07) is 12.9. The Balaban J connectivity index is 1.64. The van der Waals surface area contributed by atoms with Crippen molar-refractivity contribution in [3.05, 3.63) is 77.1 Å². The molecule has 1 unspecified atom stereocenters. The first-order valence-corrected chi connectivity index (χ1v) is 11.9. The van der Waals surface area contributed by atoms with Crippen molar-refractivity contribution in [1.82, 2.24) is 24.8 Å². The molecular formula is C24H27N5O2S. The van der Waals surface area contributed by atoms with Crippen LogP contribution in [0.2, 0.25) is 0 Å². The van der Waals surface area contributed by atoms with Crippen LogP contribution in [-0.4, -0.2) is 43.9 Å². The van der Waals surface area contributed by atoms with Crippen LogP contribution in [0.3, 0.4) is 0 Å². The predicted octanol–water partition coefficient (Wildman–Crippen LogP) is 3.81. The first kappa shape index (κ1) is 22.1. The van der Waals surface area contributed by atoms with Crippen molar-refractivity contribution in [3.8, 4) is 0 Å². The maximum absolute atomic E-state index is 13.6. The molecule has 1 aliphatic rings. The van der Waals surface area contributed by atoms with Gasteiger partial charge in [0.2, 0.25) is 5.91 Å². The minimum Gasteiger partial charge on any atom is -0.351 e. The lowest BCUT2D eigenvalue weighted by Crippen LogP contribution is -2.47. The third-order valence-corrected chi connectivity index (χ3v) is 6.34. The van der Waals surface area contributed by atoms with Crippen molar-refractivity contribution in [1.29, 1.82) is 0 Å². The number of carbonyl (C=O) groups excluding carboxylic acids is 2. The van der Waals surface area contributed by atoms with Crippen molar-refractivity contribution in [2.45, 2.75) is 50.6 Å². The van der Waals surface area contributed by atoms with Gasteiger partial charge in [-0.25, -0.2) is 0 Å². The number of nitrogens with zero attached hydrogens (tertiary/aromatic N) is 4. The molecule has 1 atom stereocenters. The molecule has 1 N–H and O–H groups in total. The van der Waals surface area contributed by atoms with E-state index in [4.69, 9.17) is 0 Å². The van der Waals surface area contributed by atoms with E-state index >= 15 is 0 Å². The summed E-state index contributed by atoms with van der Waals surface area (Å²) in [5.41, 5.74) is 2.03. The van der Waals surface area contributed by atoms with Crippen LogP contribution in [0.15, 0.2) is 60.2 Å². The van der Waals surface area contributed by atoms with E-state index in [1.165, 1.54) is 6.42 Å². The summed E-state index contributed by atoms with van der Waals surface area (Å²) in [6.45, 7) is 0.373. The van der Waals surface area contributed by atoms with Gasteiger partial charge in [-0.05, 0) is 42.4 Å². The SMILES string of the molecule is O=C(NC1CCCCC1)C(c1cccnc1)N(CCc1ccccc1)C(=O)c1csnn1. The first-order valence-electron chi connectivity index (χ1n) is 11.0. The van der Waals surface area contributed by atoms with Gasteiger partial charge in [0.1, 0.15) is 6.04 Å². The Kier molecular flexibility index (Phi) is 7.55. The summed E-state index contributed by atoms with van der Waals surface area (Å²) in [5.74, 6) is -0.475. The van der Waals surface area contributed by atoms with Crippen molar-refractivity contribution >= 4 is 23.3 Å². The van der Waals surface area contributed by atoms with E-state index < -0.39 is 6.04 Å². The molecule has 7 nitrogen and oxygen atoms in total. The molecule has 0 radical (unpaired) electrons. The zero-order valence-corrected chi connectivity index (χ0v) is 18.7. The van der Waals surface area contributed by atoms with E-state index in [1.807, 2.05) is 36.4 Å². The van der Waals surface area contributed by atoms with Gasteiger partial charge >= 0.3 is 0 Å². The van der Waals surface area contributed by atoms with E-state index in [2.05, 4.69) is 19.9 Å². The summed E-state index contributed by atoms with van der Waals surface area (Å²) in [6.07, 6.45) is 9.33. The third kappa shape index (κ3) is 5.56. The van der Waals surface area contributed by atoms with Crippen LogP contribution in [0.4, 0.5) is 0 Å². The molecule has 166 valence electrons. The molecule has 2 amide bonds. The molecule has 0 bridgehead atoms. The number of pyridine rings is 1. The van der Waals surface area contributed by atoms with Crippen LogP contribution >= 0.6 is 11.5 Å². The Hall–Kier alpha value is -3.13. The smallest absolute Gasteiger partial charge is 0.276 e. The van der Waals surface area contributed by atoms with Crippen LogP contribution in [-0.2, 0) is 11.2 Å². The maximum Gasteiger partial charge on any atom is 0.276 e. The molecule has 3 aromatic rings. The van der Waals surface area contributed by atoms with Gasteiger partial charge in [0, 0.05) is 35.9 Å². The lowest BCUT2D eigenvalue weighted by atomic mass is 9.94. The second-order valence-corrected chi connectivity index (χ2v) is 8.67. The Morgan fingerprint density at radius 1 is 1.09 bits per heavy atom. The molecule has 1 fully saturated rings. The number of benzene rings is 1. The summed E-state index contributed by atoms with van der Waals surface area (Å²) in [4.78, 5) is 32.9. The number of nitrogens with one attached hydrogen (secondary N) is 1. The number of aromatic nitrogens is 3. The molecule has 1 aromatic carbocycles. The van der Waals surface area contributed by atoms with Crippen LogP contribution in [0.25, 0.3) is 0 Å². The summed E-state index contributed by atoms with van der Waals surface area (Å²) in [7, 11) is 0. The Bertz CT molecular complexity index is 992. The van der Waals surface area contributed by atoms with Gasteiger partial charge in [-0.2, -0.15) is 0 Å². The molecule has 0 aliphatic heterocycles. The fourth-order valence-corrected chi connectivity index (χ4v) is 4.61. The standard InChI is InChI=1S/C24H27N5O2S/c30-23(26-20-11-5-2-6-12-20)22(19-10-7-14-25-16-19)29(24(31)21-17-32-28-27-21)15-13-18-8-3-1-4-9-18/h1,3-4,7-10,14,16-17,20,22H,2,5-6,11-13,15H2,(H,26,30). The molecule has 8 heteroatoms. The minimum absolute atomic E-state index is 0.141. The second-order valence-electron chi connectivity index (χ2n) is 8.06. The van der Waals surface area contributed by atoms with Crippen LogP contribution in [0.1, 0.15) is 59.8 Å². The molecular weight excluding hydrogens is 422 g/mol. The van der Waals surface area contributed by atoms with E-state index in [0.717, 1.165) is 42.8 Å². The first-order chi connectivity index (χ1) is 15.7. The Morgan fingerprint density at radius 2 is 1.91 bits per heavy atom. The largest absolute Gasteiger partial charge is 0.351 e. The molecule has 2 aromatic heterocycles. The van der Waals surface area contributed by atoms with Gasteiger partial charge in [0.25, 0.3) is 5.91 Å². The Labute approximate surface area is 192 Å². The minimum atomic E-state index is -0.788. The van der Waals surface area contributed by atoms with E-state index in [0.29, 0.717) is 18.5 Å². The molecule has 0 spiro atoms. The highest BCUT2D eigenvalue weighted by Gasteiger charge is 2.34. The lowest BCUT2D eigenvalue weighted by Gasteiger charge is -2.33. The highest BCUT2D eigenvalue weighted by molar-refractivity contribution is 7.03. The van der Waals surface area contributed by atoms with Crippen molar-refractivity contribution in [2.75, 3.05) is 6.54 Å². The molecule has 32 heavy (non-hydrogen) atoms. The van der Waals surface area contributed by atoms with Crippen LogP contribution in [0, 0.1) is 0 Å². The number of hydrogen-bond acceptors (Lipinski definition) is 6. The molecule has 4 rings (SSSR count). The average molecular weight is 450 g/mol. The summed E-state index contributed by atoms with van der Waals surface area (Å²) < 4.78 is 3.85. The van der Waals surface area contributed by atoms with E-state index in [-0.39, 0.29) is 23.6 Å². The van der Waals surface area contributed by atoms with Crippen molar-refractivity contribution < 1.29 is 9.59 Å². The van der Waals surface area contributed by atoms with Gasteiger partial charge in [-0.15, -0.1) is 5.10 Å². The number of rotatable bonds is 8. The predicted molar refractivity (Wildman–Crippen MR) is 123 cm³/mol.